The van der Waals surface area contributed by atoms with Gasteiger partial charge in [0.2, 0.25) is 0 Å². The summed E-state index contributed by atoms with van der Waals surface area (Å²) in [4.78, 5) is 18.0. The minimum Gasteiger partial charge on any atom is -0.338 e. The fourth-order valence-corrected chi connectivity index (χ4v) is 3.08. The van der Waals surface area contributed by atoms with Crippen molar-refractivity contribution < 1.29 is 5.32 Å². The largest absolute Gasteiger partial charge is 0.338 e. The Morgan fingerprint density at radius 1 is 1.08 bits per heavy atom. The summed E-state index contributed by atoms with van der Waals surface area (Å²) in [6, 6.07) is 15.8. The van der Waals surface area contributed by atoms with Gasteiger partial charge in [0.05, 0.1) is 23.1 Å². The fraction of sp³-hybridized carbons (Fsp3) is 0.300. The molecule has 0 aliphatic heterocycles. The van der Waals surface area contributed by atoms with Crippen molar-refractivity contribution in [1.29, 1.82) is 0 Å². The van der Waals surface area contributed by atoms with Crippen LogP contribution in [0, 0.1) is 6.92 Å². The second-order valence-electron chi connectivity index (χ2n) is 6.12. The van der Waals surface area contributed by atoms with Crippen LogP contribution in [0.5, 0.6) is 0 Å². The lowest BCUT2D eigenvalue weighted by Crippen LogP contribution is -2.85. The number of benzene rings is 2. The van der Waals surface area contributed by atoms with Gasteiger partial charge in [-0.15, -0.1) is 0 Å². The van der Waals surface area contributed by atoms with Crippen molar-refractivity contribution in [2.45, 2.75) is 33.2 Å². The molecule has 0 aliphatic rings. The number of para-hydroxylation sites is 1. The maximum atomic E-state index is 13.2. The minimum absolute atomic E-state index is 0.00223. The first-order valence-corrected chi connectivity index (χ1v) is 8.57. The topological polar surface area (TPSA) is 51.5 Å². The van der Waals surface area contributed by atoms with Crippen LogP contribution >= 0.6 is 0 Å². The van der Waals surface area contributed by atoms with E-state index >= 15 is 0 Å². The number of fused-ring (bicyclic) bond motifs is 1. The van der Waals surface area contributed by atoms with Gasteiger partial charge in [0, 0.05) is 6.42 Å². The predicted molar refractivity (Wildman–Crippen MR) is 97.6 cm³/mol. The molecule has 1 heterocycles. The summed E-state index contributed by atoms with van der Waals surface area (Å²) >= 11 is 0. The molecule has 0 amide bonds. The van der Waals surface area contributed by atoms with E-state index in [1.165, 1.54) is 5.56 Å². The summed E-state index contributed by atoms with van der Waals surface area (Å²) in [6.07, 6.45) is 0.921. The number of rotatable bonds is 5. The molecule has 1 atom stereocenters. The SMILES string of the molecule is CC[NH2+][C@@H](CC)c1nc2ccccc2c(=O)n1-c1ccc(C)cc1. The normalized spacial score (nSPS) is 12.5. The highest BCUT2D eigenvalue weighted by Crippen LogP contribution is 2.18. The van der Waals surface area contributed by atoms with Gasteiger partial charge in [-0.1, -0.05) is 36.8 Å². The van der Waals surface area contributed by atoms with Crippen molar-refractivity contribution in [3.05, 3.63) is 70.3 Å². The third-order valence-electron chi connectivity index (χ3n) is 4.39. The summed E-state index contributed by atoms with van der Waals surface area (Å²) < 4.78 is 1.78. The summed E-state index contributed by atoms with van der Waals surface area (Å²) in [5.41, 5.74) is 2.82. The van der Waals surface area contributed by atoms with E-state index < -0.39 is 0 Å². The number of nitrogens with zero attached hydrogens (tertiary/aromatic N) is 2. The summed E-state index contributed by atoms with van der Waals surface area (Å²) in [5, 5.41) is 2.90. The first-order chi connectivity index (χ1) is 11.7. The molecule has 0 fully saturated rings. The highest BCUT2D eigenvalue weighted by molar-refractivity contribution is 5.77. The molecule has 0 saturated carbocycles. The predicted octanol–water partition coefficient (Wildman–Crippen LogP) is 2.73. The van der Waals surface area contributed by atoms with Crippen molar-refractivity contribution in [1.82, 2.24) is 9.55 Å². The lowest BCUT2D eigenvalue weighted by molar-refractivity contribution is -0.694. The summed E-state index contributed by atoms with van der Waals surface area (Å²) in [5.74, 6) is 0.826. The van der Waals surface area contributed by atoms with Gasteiger partial charge in [-0.05, 0) is 38.1 Å². The molecule has 2 aromatic carbocycles. The van der Waals surface area contributed by atoms with E-state index in [9.17, 15) is 4.79 Å². The Balaban J connectivity index is 2.33. The molecule has 0 spiro atoms. The van der Waals surface area contributed by atoms with Gasteiger partial charge in [0.25, 0.3) is 5.56 Å². The molecule has 124 valence electrons. The molecule has 4 heteroatoms. The zero-order valence-electron chi connectivity index (χ0n) is 14.5. The van der Waals surface area contributed by atoms with Gasteiger partial charge < -0.3 is 5.32 Å². The van der Waals surface area contributed by atoms with Crippen LogP contribution in [0.25, 0.3) is 16.6 Å². The number of quaternary nitrogens is 1. The number of aryl methyl sites for hydroxylation is 1. The maximum Gasteiger partial charge on any atom is 0.266 e. The Bertz CT molecular complexity index is 897. The molecule has 0 radical (unpaired) electrons. The molecule has 2 N–H and O–H groups in total. The highest BCUT2D eigenvalue weighted by Gasteiger charge is 2.21. The molecule has 3 rings (SSSR count). The third-order valence-corrected chi connectivity index (χ3v) is 4.39. The zero-order valence-corrected chi connectivity index (χ0v) is 14.5. The minimum atomic E-state index is 0.00223. The van der Waals surface area contributed by atoms with E-state index in [-0.39, 0.29) is 11.6 Å². The van der Waals surface area contributed by atoms with E-state index in [0.29, 0.717) is 5.39 Å². The molecular weight excluding hydrogens is 298 g/mol. The first-order valence-electron chi connectivity index (χ1n) is 8.57. The van der Waals surface area contributed by atoms with Crippen LogP contribution in [-0.2, 0) is 0 Å². The van der Waals surface area contributed by atoms with Gasteiger partial charge >= 0.3 is 0 Å². The molecule has 1 aromatic heterocycles. The zero-order chi connectivity index (χ0) is 17.1. The Hall–Kier alpha value is -2.46. The van der Waals surface area contributed by atoms with Crippen LogP contribution in [-0.4, -0.2) is 16.1 Å². The van der Waals surface area contributed by atoms with Crippen molar-refractivity contribution in [2.24, 2.45) is 0 Å². The van der Waals surface area contributed by atoms with E-state index in [1.54, 1.807) is 4.57 Å². The molecule has 4 nitrogen and oxygen atoms in total. The average molecular weight is 322 g/mol. The quantitative estimate of drug-likeness (QED) is 0.785. The van der Waals surface area contributed by atoms with E-state index in [1.807, 2.05) is 55.5 Å². The van der Waals surface area contributed by atoms with Gasteiger partial charge in [-0.3, -0.25) is 9.36 Å². The number of hydrogen-bond donors (Lipinski definition) is 1. The van der Waals surface area contributed by atoms with Gasteiger partial charge in [-0.2, -0.15) is 0 Å². The standard InChI is InChI=1S/C20H23N3O/c1-4-17(21-5-2)19-22-18-9-7-6-8-16(18)20(24)23(19)15-12-10-14(3)11-13-15/h6-13,17,21H,4-5H2,1-3H3/p+1/t17-/m0/s1. The fourth-order valence-electron chi connectivity index (χ4n) is 3.08. The van der Waals surface area contributed by atoms with Crippen molar-refractivity contribution in [3.63, 3.8) is 0 Å². The molecule has 3 aromatic rings. The van der Waals surface area contributed by atoms with Crippen LogP contribution in [0.1, 0.15) is 37.7 Å². The number of nitrogens with two attached hydrogens (primary N) is 1. The van der Waals surface area contributed by atoms with Gasteiger partial charge in [0.1, 0.15) is 6.04 Å². The Morgan fingerprint density at radius 3 is 2.46 bits per heavy atom. The Morgan fingerprint density at radius 2 is 1.79 bits per heavy atom. The van der Waals surface area contributed by atoms with Gasteiger partial charge in [-0.25, -0.2) is 4.98 Å². The summed E-state index contributed by atoms with van der Waals surface area (Å²) in [7, 11) is 0. The highest BCUT2D eigenvalue weighted by atomic mass is 16.1. The van der Waals surface area contributed by atoms with Crippen LogP contribution < -0.4 is 10.9 Å². The van der Waals surface area contributed by atoms with Gasteiger partial charge in [0.15, 0.2) is 5.82 Å². The van der Waals surface area contributed by atoms with E-state index in [0.717, 1.165) is 30.0 Å². The lowest BCUT2D eigenvalue weighted by atomic mass is 10.1. The smallest absolute Gasteiger partial charge is 0.266 e. The van der Waals surface area contributed by atoms with Crippen molar-refractivity contribution >= 4 is 10.9 Å². The molecule has 0 aliphatic carbocycles. The van der Waals surface area contributed by atoms with E-state index in [4.69, 9.17) is 4.98 Å². The van der Waals surface area contributed by atoms with Crippen molar-refractivity contribution in [3.8, 4) is 5.69 Å². The average Bonchev–Trinajstić information content (AvgIpc) is 2.61. The second-order valence-corrected chi connectivity index (χ2v) is 6.12. The number of hydrogen-bond acceptors (Lipinski definition) is 2. The third kappa shape index (κ3) is 2.97. The first kappa shape index (κ1) is 16.4. The van der Waals surface area contributed by atoms with Crippen molar-refractivity contribution in [2.75, 3.05) is 6.54 Å². The monoisotopic (exact) mass is 322 g/mol. The number of aromatic nitrogens is 2. The molecule has 24 heavy (non-hydrogen) atoms. The molecule has 0 bridgehead atoms. The molecular formula is C20H24N3O+. The van der Waals surface area contributed by atoms with Crippen LogP contribution in [0.3, 0.4) is 0 Å². The van der Waals surface area contributed by atoms with E-state index in [2.05, 4.69) is 19.2 Å². The Labute approximate surface area is 142 Å². The van der Waals surface area contributed by atoms with Crippen LogP contribution in [0.15, 0.2) is 53.3 Å². The Kier molecular flexibility index (Phi) is 4.76. The maximum absolute atomic E-state index is 13.2. The van der Waals surface area contributed by atoms with Crippen LogP contribution in [0.4, 0.5) is 0 Å². The molecule has 0 unspecified atom stereocenters. The van der Waals surface area contributed by atoms with Crippen LogP contribution in [0.2, 0.25) is 0 Å². The summed E-state index contributed by atoms with van der Waals surface area (Å²) in [6.45, 7) is 7.26. The molecule has 0 saturated heterocycles. The second kappa shape index (κ2) is 6.97. The lowest BCUT2D eigenvalue weighted by Gasteiger charge is -2.19.